The van der Waals surface area contributed by atoms with E-state index in [-0.39, 0.29) is 5.60 Å². The first-order valence-corrected chi connectivity index (χ1v) is 8.36. The maximum atomic E-state index is 6.40. The van der Waals surface area contributed by atoms with Gasteiger partial charge in [-0.1, -0.05) is 19.3 Å². The van der Waals surface area contributed by atoms with Gasteiger partial charge in [-0.25, -0.2) is 0 Å². The summed E-state index contributed by atoms with van der Waals surface area (Å²) >= 11 is 0. The van der Waals surface area contributed by atoms with Gasteiger partial charge in [-0.05, 0) is 49.9 Å². The molecule has 21 heavy (non-hydrogen) atoms. The highest BCUT2D eigenvalue weighted by Gasteiger charge is 2.40. The Morgan fingerprint density at radius 3 is 2.48 bits per heavy atom. The van der Waals surface area contributed by atoms with Crippen LogP contribution in [0.5, 0.6) is 0 Å². The summed E-state index contributed by atoms with van der Waals surface area (Å²) in [4.78, 5) is 2.12. The van der Waals surface area contributed by atoms with Crippen LogP contribution in [0.1, 0.15) is 44.9 Å². The average molecular weight is 288 g/mol. The third-order valence-electron chi connectivity index (χ3n) is 5.02. The Morgan fingerprint density at radius 1 is 1.10 bits per heavy atom. The van der Waals surface area contributed by atoms with Crippen LogP contribution in [0.15, 0.2) is 24.3 Å². The minimum absolute atomic E-state index is 0.235. The topological polar surface area (TPSA) is 24.5 Å². The van der Waals surface area contributed by atoms with Crippen molar-refractivity contribution in [2.75, 3.05) is 30.9 Å². The van der Waals surface area contributed by atoms with E-state index < -0.39 is 0 Å². The highest BCUT2D eigenvalue weighted by Crippen LogP contribution is 2.41. The molecular formula is C18H28N2O. The summed E-state index contributed by atoms with van der Waals surface area (Å²) in [5.74, 6) is 0. The first-order valence-electron chi connectivity index (χ1n) is 8.36. The van der Waals surface area contributed by atoms with Crippen LogP contribution in [0.4, 0.5) is 11.4 Å². The molecule has 3 nitrogen and oxygen atoms in total. The van der Waals surface area contributed by atoms with Crippen molar-refractivity contribution in [2.24, 2.45) is 0 Å². The van der Waals surface area contributed by atoms with Gasteiger partial charge in [-0.3, -0.25) is 0 Å². The summed E-state index contributed by atoms with van der Waals surface area (Å²) in [7, 11) is 4.14. The minimum atomic E-state index is 0.235. The molecule has 3 heteroatoms. The van der Waals surface area contributed by atoms with E-state index >= 15 is 0 Å². The van der Waals surface area contributed by atoms with Crippen molar-refractivity contribution >= 4 is 11.4 Å². The quantitative estimate of drug-likeness (QED) is 0.904. The third kappa shape index (κ3) is 3.52. The Balaban J connectivity index is 1.49. The summed E-state index contributed by atoms with van der Waals surface area (Å²) < 4.78 is 6.40. The lowest BCUT2D eigenvalue weighted by Gasteiger charge is -2.33. The average Bonchev–Trinajstić information content (AvgIpc) is 2.89. The molecule has 2 fully saturated rings. The summed E-state index contributed by atoms with van der Waals surface area (Å²) in [5.41, 5.74) is 2.66. The van der Waals surface area contributed by atoms with Gasteiger partial charge >= 0.3 is 0 Å². The number of nitrogens with zero attached hydrogens (tertiary/aromatic N) is 1. The highest BCUT2D eigenvalue weighted by atomic mass is 16.5. The largest absolute Gasteiger partial charge is 0.382 e. The summed E-state index contributed by atoms with van der Waals surface area (Å²) in [5, 5.41) is 3.53. The molecule has 1 saturated carbocycles. The van der Waals surface area contributed by atoms with E-state index in [0.29, 0.717) is 6.10 Å². The van der Waals surface area contributed by atoms with Crippen molar-refractivity contribution in [3.05, 3.63) is 24.3 Å². The molecule has 1 N–H and O–H groups in total. The minimum Gasteiger partial charge on any atom is -0.382 e. The number of rotatable bonds is 4. The Morgan fingerprint density at radius 2 is 1.81 bits per heavy atom. The van der Waals surface area contributed by atoms with Gasteiger partial charge < -0.3 is 15.0 Å². The molecule has 3 rings (SSSR count). The third-order valence-corrected chi connectivity index (χ3v) is 5.02. The molecule has 1 spiro atoms. The maximum absolute atomic E-state index is 6.40. The monoisotopic (exact) mass is 288 g/mol. The van der Waals surface area contributed by atoms with Crippen molar-refractivity contribution in [3.8, 4) is 0 Å². The zero-order valence-electron chi connectivity index (χ0n) is 13.4. The molecule has 0 radical (unpaired) electrons. The van der Waals surface area contributed by atoms with Crippen LogP contribution < -0.4 is 10.2 Å². The van der Waals surface area contributed by atoms with E-state index in [2.05, 4.69) is 48.6 Å². The number of ether oxygens (including phenoxy) is 1. The number of anilines is 2. The second-order valence-electron chi connectivity index (χ2n) is 6.84. The van der Waals surface area contributed by atoms with Crippen LogP contribution in [0.25, 0.3) is 0 Å². The van der Waals surface area contributed by atoms with Gasteiger partial charge in [0, 0.05) is 32.0 Å². The molecule has 1 unspecified atom stereocenters. The van der Waals surface area contributed by atoms with Crippen molar-refractivity contribution < 1.29 is 4.74 Å². The van der Waals surface area contributed by atoms with E-state index in [0.717, 1.165) is 6.54 Å². The molecule has 2 aliphatic rings. The Labute approximate surface area is 128 Å². The first-order chi connectivity index (χ1) is 10.2. The highest BCUT2D eigenvalue weighted by molar-refractivity contribution is 5.54. The SMILES string of the molecule is CN(C)c1ccc(NCC2CCC3(CCCCC3)O2)cc1. The lowest BCUT2D eigenvalue weighted by atomic mass is 9.83. The van der Waals surface area contributed by atoms with Crippen LogP contribution in [0.3, 0.4) is 0 Å². The van der Waals surface area contributed by atoms with Crippen LogP contribution in [0.2, 0.25) is 0 Å². The lowest BCUT2D eigenvalue weighted by molar-refractivity contribution is -0.0588. The van der Waals surface area contributed by atoms with Crippen LogP contribution in [0, 0.1) is 0 Å². The number of benzene rings is 1. The number of nitrogens with one attached hydrogen (secondary N) is 1. The zero-order valence-corrected chi connectivity index (χ0v) is 13.4. The fourth-order valence-electron chi connectivity index (χ4n) is 3.71. The summed E-state index contributed by atoms with van der Waals surface area (Å²) in [6.07, 6.45) is 9.52. The maximum Gasteiger partial charge on any atom is 0.0756 e. The van der Waals surface area contributed by atoms with Gasteiger partial charge in [-0.15, -0.1) is 0 Å². The van der Waals surface area contributed by atoms with Crippen LogP contribution >= 0.6 is 0 Å². The number of hydrogen-bond acceptors (Lipinski definition) is 3. The Kier molecular flexibility index (Phi) is 4.39. The van der Waals surface area contributed by atoms with E-state index in [1.165, 1.54) is 56.3 Å². The van der Waals surface area contributed by atoms with Gasteiger partial charge in [0.25, 0.3) is 0 Å². The molecule has 1 atom stereocenters. The standard InChI is InChI=1S/C18H28N2O/c1-20(2)16-8-6-15(7-9-16)19-14-17-10-13-18(21-17)11-4-3-5-12-18/h6-9,17,19H,3-5,10-14H2,1-2H3. The molecule has 0 amide bonds. The van der Waals surface area contributed by atoms with Gasteiger partial charge in [0.2, 0.25) is 0 Å². The fraction of sp³-hybridized carbons (Fsp3) is 0.667. The first kappa shape index (κ1) is 14.7. The van der Waals surface area contributed by atoms with E-state index in [9.17, 15) is 0 Å². The molecule has 1 aromatic rings. The summed E-state index contributed by atoms with van der Waals surface area (Å²) in [6, 6.07) is 8.61. The normalized spacial score (nSPS) is 24.2. The van der Waals surface area contributed by atoms with Crippen molar-refractivity contribution in [1.82, 2.24) is 0 Å². The summed E-state index contributed by atoms with van der Waals surface area (Å²) in [6.45, 7) is 0.934. The predicted octanol–water partition coefficient (Wildman–Crippen LogP) is 4.05. The van der Waals surface area contributed by atoms with Crippen LogP contribution in [-0.4, -0.2) is 32.3 Å². The van der Waals surface area contributed by atoms with Crippen LogP contribution in [-0.2, 0) is 4.74 Å². The van der Waals surface area contributed by atoms with Crippen molar-refractivity contribution in [3.63, 3.8) is 0 Å². The molecule has 1 aliphatic heterocycles. The second-order valence-corrected chi connectivity index (χ2v) is 6.84. The predicted molar refractivity (Wildman–Crippen MR) is 89.2 cm³/mol. The fourth-order valence-corrected chi connectivity index (χ4v) is 3.71. The zero-order chi connectivity index (χ0) is 14.7. The molecule has 0 bridgehead atoms. The van der Waals surface area contributed by atoms with Gasteiger partial charge in [0.05, 0.1) is 11.7 Å². The van der Waals surface area contributed by atoms with E-state index in [1.807, 2.05) is 0 Å². The second kappa shape index (κ2) is 6.27. The van der Waals surface area contributed by atoms with Gasteiger partial charge in [0.15, 0.2) is 0 Å². The number of hydrogen-bond donors (Lipinski definition) is 1. The smallest absolute Gasteiger partial charge is 0.0756 e. The molecule has 1 aliphatic carbocycles. The molecular weight excluding hydrogens is 260 g/mol. The Hall–Kier alpha value is -1.22. The van der Waals surface area contributed by atoms with Gasteiger partial charge in [0.1, 0.15) is 0 Å². The molecule has 1 heterocycles. The van der Waals surface area contributed by atoms with Crippen molar-refractivity contribution in [1.29, 1.82) is 0 Å². The Bertz CT molecular complexity index is 449. The van der Waals surface area contributed by atoms with E-state index in [1.54, 1.807) is 0 Å². The molecule has 0 aromatic heterocycles. The van der Waals surface area contributed by atoms with E-state index in [4.69, 9.17) is 4.74 Å². The molecule has 116 valence electrons. The van der Waals surface area contributed by atoms with Gasteiger partial charge in [-0.2, -0.15) is 0 Å². The lowest BCUT2D eigenvalue weighted by Crippen LogP contribution is -2.33. The molecule has 1 aromatic carbocycles. The van der Waals surface area contributed by atoms with Crippen molar-refractivity contribution in [2.45, 2.75) is 56.7 Å². The molecule has 1 saturated heterocycles.